The maximum atomic E-state index is 6.13. The summed E-state index contributed by atoms with van der Waals surface area (Å²) in [6, 6.07) is 3.86. The quantitative estimate of drug-likeness (QED) is 0.831. The molecule has 0 saturated heterocycles. The number of aromatic nitrogens is 5. The third kappa shape index (κ3) is 2.85. The Kier molecular flexibility index (Phi) is 3.14. The lowest BCUT2D eigenvalue weighted by atomic mass is 10.0. The van der Waals surface area contributed by atoms with Gasteiger partial charge in [-0.25, -0.2) is 0 Å². The highest BCUT2D eigenvalue weighted by molar-refractivity contribution is 5.23. The average molecular weight is 232 g/mol. The van der Waals surface area contributed by atoms with E-state index in [4.69, 9.17) is 5.73 Å². The highest BCUT2D eigenvalue weighted by Gasteiger charge is 2.11. The fraction of sp³-hybridized carbons (Fsp3) is 0.455. The molecule has 0 aromatic carbocycles. The summed E-state index contributed by atoms with van der Waals surface area (Å²) in [6.45, 7) is 3.92. The van der Waals surface area contributed by atoms with Gasteiger partial charge in [-0.3, -0.25) is 4.98 Å². The van der Waals surface area contributed by atoms with Crippen molar-refractivity contribution in [1.29, 1.82) is 0 Å². The van der Waals surface area contributed by atoms with E-state index in [1.807, 2.05) is 26.0 Å². The molecule has 0 saturated carbocycles. The smallest absolute Gasteiger partial charge is 0.176 e. The van der Waals surface area contributed by atoms with E-state index in [0.717, 1.165) is 17.0 Å². The monoisotopic (exact) mass is 232 g/mol. The van der Waals surface area contributed by atoms with Gasteiger partial charge in [-0.15, -0.1) is 10.2 Å². The van der Waals surface area contributed by atoms with E-state index >= 15 is 0 Å². The van der Waals surface area contributed by atoms with Gasteiger partial charge in [0, 0.05) is 23.9 Å². The Hall–Kier alpha value is -1.82. The number of rotatable bonds is 3. The summed E-state index contributed by atoms with van der Waals surface area (Å²) in [5.74, 6) is 0.659. The first-order chi connectivity index (χ1) is 8.04. The molecule has 0 amide bonds. The molecule has 0 radical (unpaired) electrons. The molecule has 17 heavy (non-hydrogen) atoms. The van der Waals surface area contributed by atoms with Crippen molar-refractivity contribution in [3.8, 4) is 0 Å². The van der Waals surface area contributed by atoms with Crippen molar-refractivity contribution < 1.29 is 0 Å². The highest BCUT2D eigenvalue weighted by atomic mass is 15.6. The van der Waals surface area contributed by atoms with Crippen LogP contribution in [0.4, 0.5) is 0 Å². The molecule has 0 fully saturated rings. The Morgan fingerprint density at radius 3 is 2.47 bits per heavy atom. The molecule has 2 aromatic heterocycles. The van der Waals surface area contributed by atoms with Gasteiger partial charge in [0.1, 0.15) is 0 Å². The van der Waals surface area contributed by atoms with E-state index in [1.54, 1.807) is 7.05 Å². The lowest BCUT2D eigenvalue weighted by Gasteiger charge is -2.11. The Morgan fingerprint density at radius 2 is 1.94 bits per heavy atom. The van der Waals surface area contributed by atoms with Crippen molar-refractivity contribution in [1.82, 2.24) is 25.2 Å². The van der Waals surface area contributed by atoms with Gasteiger partial charge in [-0.2, -0.15) is 4.80 Å². The second kappa shape index (κ2) is 4.58. The number of pyridine rings is 1. The Bertz CT molecular complexity index is 498. The topological polar surface area (TPSA) is 82.5 Å². The first kappa shape index (κ1) is 11.7. The van der Waals surface area contributed by atoms with Crippen LogP contribution in [0.15, 0.2) is 12.1 Å². The van der Waals surface area contributed by atoms with E-state index in [9.17, 15) is 0 Å². The molecule has 90 valence electrons. The molecule has 1 atom stereocenters. The Morgan fingerprint density at radius 1 is 1.29 bits per heavy atom. The minimum atomic E-state index is -0.125. The predicted molar refractivity (Wildman–Crippen MR) is 63.1 cm³/mol. The molecular formula is C11H16N6. The van der Waals surface area contributed by atoms with Gasteiger partial charge in [0.15, 0.2) is 5.82 Å². The van der Waals surface area contributed by atoms with Crippen LogP contribution < -0.4 is 5.73 Å². The van der Waals surface area contributed by atoms with Gasteiger partial charge in [-0.1, -0.05) is 0 Å². The van der Waals surface area contributed by atoms with E-state index in [0.29, 0.717) is 12.2 Å². The lowest BCUT2D eigenvalue weighted by Crippen LogP contribution is -2.15. The summed E-state index contributed by atoms with van der Waals surface area (Å²) >= 11 is 0. The Labute approximate surface area is 99.9 Å². The lowest BCUT2D eigenvalue weighted by molar-refractivity contribution is 0.622. The van der Waals surface area contributed by atoms with Crippen LogP contribution in [0.5, 0.6) is 0 Å². The minimum Gasteiger partial charge on any atom is -0.324 e. The molecule has 2 heterocycles. The van der Waals surface area contributed by atoms with Crippen LogP contribution in [-0.4, -0.2) is 25.2 Å². The van der Waals surface area contributed by atoms with E-state index < -0.39 is 0 Å². The van der Waals surface area contributed by atoms with Gasteiger partial charge >= 0.3 is 0 Å². The third-order valence-corrected chi connectivity index (χ3v) is 2.48. The molecule has 0 spiro atoms. The van der Waals surface area contributed by atoms with Gasteiger partial charge < -0.3 is 5.73 Å². The van der Waals surface area contributed by atoms with Crippen LogP contribution in [0.1, 0.15) is 28.8 Å². The molecular weight excluding hydrogens is 216 g/mol. The molecule has 0 aliphatic carbocycles. The van der Waals surface area contributed by atoms with Gasteiger partial charge in [0.05, 0.1) is 7.05 Å². The maximum Gasteiger partial charge on any atom is 0.176 e. The van der Waals surface area contributed by atoms with E-state index in [-0.39, 0.29) is 6.04 Å². The normalized spacial score (nSPS) is 12.7. The summed E-state index contributed by atoms with van der Waals surface area (Å²) in [6.07, 6.45) is 0.580. The zero-order chi connectivity index (χ0) is 12.4. The summed E-state index contributed by atoms with van der Waals surface area (Å²) < 4.78 is 0. The SMILES string of the molecule is Cc1cc(C(N)Cc2nnn(C)n2)cc(C)n1. The predicted octanol–water partition coefficient (Wildman–Crippen LogP) is 0.464. The van der Waals surface area contributed by atoms with Crippen molar-refractivity contribution in [3.05, 3.63) is 34.9 Å². The largest absolute Gasteiger partial charge is 0.324 e. The number of nitrogens with zero attached hydrogens (tertiary/aromatic N) is 5. The zero-order valence-corrected chi connectivity index (χ0v) is 10.3. The molecule has 0 aliphatic heterocycles. The van der Waals surface area contributed by atoms with Gasteiger partial charge in [0.2, 0.25) is 0 Å². The third-order valence-electron chi connectivity index (χ3n) is 2.48. The number of nitrogens with two attached hydrogens (primary N) is 1. The zero-order valence-electron chi connectivity index (χ0n) is 10.3. The second-order valence-electron chi connectivity index (χ2n) is 4.19. The summed E-state index contributed by atoms with van der Waals surface area (Å²) in [4.78, 5) is 5.76. The molecule has 2 N–H and O–H groups in total. The van der Waals surface area contributed by atoms with Crippen molar-refractivity contribution >= 4 is 0 Å². The van der Waals surface area contributed by atoms with Crippen molar-refractivity contribution in [2.45, 2.75) is 26.3 Å². The Balaban J connectivity index is 2.16. The first-order valence-corrected chi connectivity index (χ1v) is 5.48. The van der Waals surface area contributed by atoms with Crippen LogP contribution in [0.3, 0.4) is 0 Å². The number of aryl methyl sites for hydroxylation is 3. The summed E-state index contributed by atoms with van der Waals surface area (Å²) in [5, 5.41) is 11.8. The van der Waals surface area contributed by atoms with Crippen molar-refractivity contribution in [3.63, 3.8) is 0 Å². The second-order valence-corrected chi connectivity index (χ2v) is 4.19. The fourth-order valence-electron chi connectivity index (χ4n) is 1.80. The first-order valence-electron chi connectivity index (χ1n) is 5.48. The number of hydrogen-bond acceptors (Lipinski definition) is 5. The molecule has 0 aliphatic rings. The van der Waals surface area contributed by atoms with Crippen LogP contribution in [0, 0.1) is 13.8 Å². The van der Waals surface area contributed by atoms with Crippen molar-refractivity contribution in [2.75, 3.05) is 0 Å². The average Bonchev–Trinajstić information content (AvgIpc) is 2.62. The standard InChI is InChI=1S/C11H16N6/c1-7-4-9(5-8(2)13-7)10(12)6-11-14-16-17(3)15-11/h4-5,10H,6,12H2,1-3H3. The fourth-order valence-corrected chi connectivity index (χ4v) is 1.80. The van der Waals surface area contributed by atoms with E-state index in [2.05, 4.69) is 20.4 Å². The molecule has 0 bridgehead atoms. The molecule has 6 nitrogen and oxygen atoms in total. The van der Waals surface area contributed by atoms with Crippen molar-refractivity contribution in [2.24, 2.45) is 12.8 Å². The van der Waals surface area contributed by atoms with Crippen LogP contribution in [0.2, 0.25) is 0 Å². The van der Waals surface area contributed by atoms with Gasteiger partial charge in [0.25, 0.3) is 0 Å². The van der Waals surface area contributed by atoms with Gasteiger partial charge in [-0.05, 0) is 36.8 Å². The van der Waals surface area contributed by atoms with Crippen LogP contribution in [0.25, 0.3) is 0 Å². The van der Waals surface area contributed by atoms with E-state index in [1.165, 1.54) is 4.80 Å². The molecule has 2 rings (SSSR count). The van der Waals surface area contributed by atoms with Crippen LogP contribution >= 0.6 is 0 Å². The molecule has 2 aromatic rings. The maximum absolute atomic E-state index is 6.13. The summed E-state index contributed by atoms with van der Waals surface area (Å²) in [5.41, 5.74) is 9.14. The summed E-state index contributed by atoms with van der Waals surface area (Å²) in [7, 11) is 1.74. The van der Waals surface area contributed by atoms with Crippen LogP contribution in [-0.2, 0) is 13.5 Å². The highest BCUT2D eigenvalue weighted by Crippen LogP contribution is 2.15. The number of hydrogen-bond donors (Lipinski definition) is 1. The number of tetrazole rings is 1. The molecule has 6 heteroatoms. The molecule has 1 unspecified atom stereocenters. The minimum absolute atomic E-state index is 0.125.